The zero-order chi connectivity index (χ0) is 11.0. The maximum absolute atomic E-state index is 5.65. The second-order valence-corrected chi connectivity index (χ2v) is 5.00. The van der Waals surface area contributed by atoms with Crippen molar-refractivity contribution in [2.45, 2.75) is 6.42 Å². The summed E-state index contributed by atoms with van der Waals surface area (Å²) in [6, 6.07) is 8.72. The van der Waals surface area contributed by atoms with Gasteiger partial charge in [-0.2, -0.15) is 0 Å². The number of hydrogen-bond donors (Lipinski definition) is 0. The minimum Gasteiger partial charge on any atom is -0.449 e. The summed E-state index contributed by atoms with van der Waals surface area (Å²) in [5.41, 5.74) is 7.13. The third-order valence-corrected chi connectivity index (χ3v) is 4.13. The Hall–Kier alpha value is -2.02. The van der Waals surface area contributed by atoms with E-state index in [1.807, 2.05) is 0 Å². The molecule has 0 amide bonds. The van der Waals surface area contributed by atoms with Gasteiger partial charge in [0.2, 0.25) is 0 Å². The molecule has 0 saturated carbocycles. The predicted molar refractivity (Wildman–Crippen MR) is 65.9 cm³/mol. The average Bonchev–Trinajstić information content (AvgIpc) is 3.09. The predicted octanol–water partition coefficient (Wildman–Crippen LogP) is 3.36. The van der Waals surface area contributed by atoms with Gasteiger partial charge in [0.15, 0.2) is 11.5 Å². The maximum Gasteiger partial charge on any atom is 0.175 e. The smallest absolute Gasteiger partial charge is 0.175 e. The van der Waals surface area contributed by atoms with Crippen LogP contribution in [-0.4, -0.2) is 0 Å². The van der Waals surface area contributed by atoms with Gasteiger partial charge in [0.25, 0.3) is 0 Å². The largest absolute Gasteiger partial charge is 0.449 e. The Morgan fingerprint density at radius 2 is 2.06 bits per heavy atom. The molecule has 80 valence electrons. The van der Waals surface area contributed by atoms with Crippen LogP contribution in [-0.2, 0) is 11.2 Å². The Kier molecular flexibility index (Phi) is 1.17. The van der Waals surface area contributed by atoms with Gasteiger partial charge in [0, 0.05) is 17.1 Å². The van der Waals surface area contributed by atoms with Crippen molar-refractivity contribution in [3.63, 3.8) is 0 Å². The molecule has 0 spiro atoms. The summed E-state index contributed by atoms with van der Waals surface area (Å²) in [4.78, 5) is 0. The molecule has 1 nitrogen and oxygen atoms in total. The molecule has 0 bridgehead atoms. The van der Waals surface area contributed by atoms with Crippen LogP contribution in [0.2, 0.25) is 0 Å². The average molecular weight is 218 g/mol. The molecule has 1 aromatic carbocycles. The number of epoxide rings is 1. The van der Waals surface area contributed by atoms with E-state index in [-0.39, 0.29) is 0 Å². The van der Waals surface area contributed by atoms with Crippen molar-refractivity contribution >= 4 is 5.57 Å². The fourth-order valence-electron chi connectivity index (χ4n) is 3.39. The lowest BCUT2D eigenvalue weighted by atomic mass is 9.73. The first-order valence-corrected chi connectivity index (χ1v) is 6.05. The van der Waals surface area contributed by atoms with Crippen molar-refractivity contribution in [3.8, 4) is 0 Å². The van der Waals surface area contributed by atoms with Crippen LogP contribution in [0.1, 0.15) is 11.1 Å². The van der Waals surface area contributed by atoms with Gasteiger partial charge in [0.05, 0.1) is 0 Å². The molecule has 5 rings (SSSR count). The van der Waals surface area contributed by atoms with Crippen LogP contribution in [0.3, 0.4) is 0 Å². The van der Waals surface area contributed by atoms with Crippen LogP contribution in [0.25, 0.3) is 5.57 Å². The Balaban J connectivity index is 1.88. The molecule has 1 heterocycles. The fraction of sp³-hybridized carbons (Fsp3) is 0.125. The Labute approximate surface area is 99.4 Å². The highest BCUT2D eigenvalue weighted by Crippen LogP contribution is 2.59. The maximum atomic E-state index is 5.65. The first-order valence-electron chi connectivity index (χ1n) is 6.05. The molecule has 1 fully saturated rings. The summed E-state index contributed by atoms with van der Waals surface area (Å²) in [6.45, 7) is 0. The minimum atomic E-state index is 0.494. The topological polar surface area (TPSA) is 12.5 Å². The Bertz CT molecular complexity index is 698. The molecule has 3 aliphatic carbocycles. The zero-order valence-corrected chi connectivity index (χ0v) is 9.23. The molecule has 1 aliphatic heterocycles. The normalized spacial score (nSPS) is 26.1. The van der Waals surface area contributed by atoms with Gasteiger partial charge in [-0.25, -0.2) is 0 Å². The standard InChI is InChI=1S/C16H10O/c1-2-6-11-9(4-1)8-10-5-3-7-12-13(10)14(11)16-15(12)17-16/h1-7,13H,8H2. The van der Waals surface area contributed by atoms with Gasteiger partial charge < -0.3 is 4.74 Å². The molecule has 0 N–H and O–H groups in total. The first kappa shape index (κ1) is 8.13. The summed E-state index contributed by atoms with van der Waals surface area (Å²) in [5.74, 6) is 2.78. The minimum absolute atomic E-state index is 0.494. The number of hydrogen-bond acceptors (Lipinski definition) is 1. The SMILES string of the molecule is C1=CC2=C3OC3=C3c4ccccc4CC(=C1)C23. The van der Waals surface area contributed by atoms with Crippen LogP contribution in [0, 0.1) is 5.92 Å². The highest BCUT2D eigenvalue weighted by molar-refractivity contribution is 5.89. The van der Waals surface area contributed by atoms with Gasteiger partial charge in [-0.15, -0.1) is 0 Å². The van der Waals surface area contributed by atoms with E-state index in [0.717, 1.165) is 17.9 Å². The lowest BCUT2D eigenvalue weighted by Gasteiger charge is -2.30. The van der Waals surface area contributed by atoms with E-state index in [0.29, 0.717) is 5.92 Å². The third kappa shape index (κ3) is 0.836. The second kappa shape index (κ2) is 2.45. The molecule has 0 aromatic heterocycles. The van der Waals surface area contributed by atoms with Crippen LogP contribution in [0.15, 0.2) is 65.2 Å². The van der Waals surface area contributed by atoms with Gasteiger partial charge >= 0.3 is 0 Å². The van der Waals surface area contributed by atoms with Crippen molar-refractivity contribution in [1.82, 2.24) is 0 Å². The highest BCUT2D eigenvalue weighted by atomic mass is 16.6. The molecule has 0 radical (unpaired) electrons. The summed E-state index contributed by atoms with van der Waals surface area (Å²) in [5, 5.41) is 0. The summed E-state index contributed by atoms with van der Waals surface area (Å²) < 4.78 is 5.65. The summed E-state index contributed by atoms with van der Waals surface area (Å²) in [7, 11) is 0. The van der Waals surface area contributed by atoms with Crippen molar-refractivity contribution in [3.05, 3.63) is 76.3 Å². The lowest BCUT2D eigenvalue weighted by Crippen LogP contribution is -2.18. The molecule has 1 aromatic rings. The van der Waals surface area contributed by atoms with E-state index in [1.54, 1.807) is 0 Å². The molecule has 1 saturated heterocycles. The summed E-state index contributed by atoms with van der Waals surface area (Å²) in [6.07, 6.45) is 7.72. The lowest BCUT2D eigenvalue weighted by molar-refractivity contribution is 0.536. The number of benzene rings is 1. The van der Waals surface area contributed by atoms with Crippen LogP contribution >= 0.6 is 0 Å². The van der Waals surface area contributed by atoms with E-state index in [2.05, 4.69) is 42.5 Å². The monoisotopic (exact) mass is 218 g/mol. The number of allylic oxidation sites excluding steroid dienone is 6. The van der Waals surface area contributed by atoms with Crippen LogP contribution in [0.4, 0.5) is 0 Å². The van der Waals surface area contributed by atoms with E-state index in [1.165, 1.54) is 27.8 Å². The third-order valence-electron chi connectivity index (χ3n) is 4.13. The van der Waals surface area contributed by atoms with E-state index in [4.69, 9.17) is 4.74 Å². The van der Waals surface area contributed by atoms with Gasteiger partial charge in [-0.3, -0.25) is 0 Å². The molecule has 1 unspecified atom stereocenters. The quantitative estimate of drug-likeness (QED) is 0.608. The summed E-state index contributed by atoms with van der Waals surface area (Å²) >= 11 is 0. The second-order valence-electron chi connectivity index (χ2n) is 5.00. The molecule has 4 aliphatic rings. The van der Waals surface area contributed by atoms with Crippen molar-refractivity contribution < 1.29 is 4.74 Å². The first-order chi connectivity index (χ1) is 8.43. The van der Waals surface area contributed by atoms with Gasteiger partial charge in [0.1, 0.15) is 0 Å². The molecular weight excluding hydrogens is 208 g/mol. The number of rotatable bonds is 0. The van der Waals surface area contributed by atoms with Crippen molar-refractivity contribution in [2.24, 2.45) is 5.92 Å². The van der Waals surface area contributed by atoms with E-state index in [9.17, 15) is 0 Å². The van der Waals surface area contributed by atoms with Gasteiger partial charge in [-0.1, -0.05) is 48.1 Å². The van der Waals surface area contributed by atoms with Crippen LogP contribution < -0.4 is 0 Å². The molecule has 1 heteroatoms. The highest BCUT2D eigenvalue weighted by Gasteiger charge is 2.49. The Morgan fingerprint density at radius 1 is 1.12 bits per heavy atom. The Morgan fingerprint density at radius 3 is 3.06 bits per heavy atom. The molecule has 17 heavy (non-hydrogen) atoms. The molecule has 1 atom stereocenters. The van der Waals surface area contributed by atoms with Gasteiger partial charge in [-0.05, 0) is 17.5 Å². The van der Waals surface area contributed by atoms with Crippen molar-refractivity contribution in [1.29, 1.82) is 0 Å². The zero-order valence-electron chi connectivity index (χ0n) is 9.23. The van der Waals surface area contributed by atoms with E-state index >= 15 is 0 Å². The molecular formula is C16H10O. The number of fused-ring (bicyclic) bond motifs is 3. The number of ether oxygens (including phenoxy) is 1. The van der Waals surface area contributed by atoms with E-state index < -0.39 is 0 Å². The van der Waals surface area contributed by atoms with Crippen molar-refractivity contribution in [2.75, 3.05) is 0 Å². The van der Waals surface area contributed by atoms with Crippen LogP contribution in [0.5, 0.6) is 0 Å². The fourth-order valence-corrected chi connectivity index (χ4v) is 3.39.